The zero-order chi connectivity index (χ0) is 13.9. The topological polar surface area (TPSA) is 37.4 Å². The van der Waals surface area contributed by atoms with E-state index < -0.39 is 10.0 Å². The van der Waals surface area contributed by atoms with Gasteiger partial charge in [-0.3, -0.25) is 0 Å². The van der Waals surface area contributed by atoms with Gasteiger partial charge in [-0.1, -0.05) is 12.1 Å². The first-order valence-electron chi connectivity index (χ1n) is 6.68. The molecule has 0 aromatic heterocycles. The number of sulfonamides is 1. The van der Waals surface area contributed by atoms with Crippen molar-refractivity contribution in [2.24, 2.45) is 0 Å². The SMILES string of the molecule is CS(=O)(=O)N1CCCC1CCCc1ccc(F)cc1. The molecule has 0 N–H and O–H groups in total. The second-order valence-corrected chi connectivity index (χ2v) is 7.12. The molecule has 5 heteroatoms. The summed E-state index contributed by atoms with van der Waals surface area (Å²) in [6.45, 7) is 0.653. The maximum atomic E-state index is 12.8. The van der Waals surface area contributed by atoms with Crippen LogP contribution in [0.5, 0.6) is 0 Å². The molecule has 1 aliphatic rings. The standard InChI is InChI=1S/C14H20FNO2S/c1-19(17,18)16-11-3-6-14(16)5-2-4-12-7-9-13(15)10-8-12/h7-10,14H,2-6,11H2,1H3. The van der Waals surface area contributed by atoms with E-state index in [1.165, 1.54) is 18.4 Å². The fraction of sp³-hybridized carbons (Fsp3) is 0.571. The molecule has 1 saturated heterocycles. The van der Waals surface area contributed by atoms with E-state index in [9.17, 15) is 12.8 Å². The summed E-state index contributed by atoms with van der Waals surface area (Å²) in [5.74, 6) is -0.220. The Bertz CT molecular complexity index is 513. The van der Waals surface area contributed by atoms with Crippen LogP contribution in [0.3, 0.4) is 0 Å². The van der Waals surface area contributed by atoms with Crippen molar-refractivity contribution in [3.8, 4) is 0 Å². The van der Waals surface area contributed by atoms with Crippen molar-refractivity contribution in [1.82, 2.24) is 4.31 Å². The van der Waals surface area contributed by atoms with Crippen molar-refractivity contribution in [3.63, 3.8) is 0 Å². The van der Waals surface area contributed by atoms with Crippen LogP contribution < -0.4 is 0 Å². The van der Waals surface area contributed by atoms with Crippen LogP contribution >= 0.6 is 0 Å². The smallest absolute Gasteiger partial charge is 0.211 e. The number of hydrogen-bond acceptors (Lipinski definition) is 2. The van der Waals surface area contributed by atoms with Gasteiger partial charge in [0.2, 0.25) is 10.0 Å². The fourth-order valence-electron chi connectivity index (χ4n) is 2.73. The van der Waals surface area contributed by atoms with Gasteiger partial charge in [0.25, 0.3) is 0 Å². The Morgan fingerprint density at radius 2 is 2.00 bits per heavy atom. The Hall–Kier alpha value is -0.940. The number of nitrogens with zero attached hydrogens (tertiary/aromatic N) is 1. The van der Waals surface area contributed by atoms with E-state index in [0.29, 0.717) is 6.54 Å². The predicted molar refractivity (Wildman–Crippen MR) is 73.9 cm³/mol. The first kappa shape index (κ1) is 14.5. The van der Waals surface area contributed by atoms with E-state index in [-0.39, 0.29) is 11.9 Å². The average molecular weight is 285 g/mol. The van der Waals surface area contributed by atoms with Crippen LogP contribution in [0.2, 0.25) is 0 Å². The molecule has 1 fully saturated rings. The predicted octanol–water partition coefficient (Wildman–Crippen LogP) is 2.57. The number of benzene rings is 1. The van der Waals surface area contributed by atoms with Crippen LogP contribution in [0.25, 0.3) is 0 Å². The molecule has 1 atom stereocenters. The molecule has 1 aromatic carbocycles. The zero-order valence-electron chi connectivity index (χ0n) is 11.2. The van der Waals surface area contributed by atoms with Crippen LogP contribution in [0.4, 0.5) is 4.39 Å². The van der Waals surface area contributed by atoms with Gasteiger partial charge in [-0.05, 0) is 49.8 Å². The highest BCUT2D eigenvalue weighted by atomic mass is 32.2. The van der Waals surface area contributed by atoms with Crippen LogP contribution in [0.1, 0.15) is 31.2 Å². The lowest BCUT2D eigenvalue weighted by Gasteiger charge is -2.21. The van der Waals surface area contributed by atoms with Crippen molar-refractivity contribution >= 4 is 10.0 Å². The summed E-state index contributed by atoms with van der Waals surface area (Å²) in [6, 6.07) is 6.66. The van der Waals surface area contributed by atoms with Gasteiger partial charge in [0.15, 0.2) is 0 Å². The maximum Gasteiger partial charge on any atom is 0.211 e. The normalized spacial score (nSPS) is 20.8. The van der Waals surface area contributed by atoms with E-state index in [1.807, 2.05) is 0 Å². The van der Waals surface area contributed by atoms with Crippen LogP contribution in [0.15, 0.2) is 24.3 Å². The first-order valence-corrected chi connectivity index (χ1v) is 8.53. The first-order chi connectivity index (χ1) is 8.97. The van der Waals surface area contributed by atoms with E-state index in [4.69, 9.17) is 0 Å². The number of hydrogen-bond donors (Lipinski definition) is 0. The minimum absolute atomic E-state index is 0.149. The highest BCUT2D eigenvalue weighted by molar-refractivity contribution is 7.88. The lowest BCUT2D eigenvalue weighted by Crippen LogP contribution is -2.34. The van der Waals surface area contributed by atoms with Gasteiger partial charge in [0.1, 0.15) is 5.82 Å². The van der Waals surface area contributed by atoms with E-state index in [0.717, 1.165) is 37.7 Å². The second-order valence-electron chi connectivity index (χ2n) is 5.19. The number of rotatable bonds is 5. The van der Waals surface area contributed by atoms with E-state index >= 15 is 0 Å². The lowest BCUT2D eigenvalue weighted by molar-refractivity contribution is 0.367. The maximum absolute atomic E-state index is 12.8. The Kier molecular flexibility index (Phi) is 4.58. The van der Waals surface area contributed by atoms with Crippen molar-refractivity contribution in [1.29, 1.82) is 0 Å². The Labute approximate surface area is 114 Å². The summed E-state index contributed by atoms with van der Waals surface area (Å²) in [5.41, 5.74) is 1.10. The Balaban J connectivity index is 1.84. The molecule has 0 radical (unpaired) electrons. The van der Waals surface area contributed by atoms with Gasteiger partial charge in [0, 0.05) is 12.6 Å². The van der Waals surface area contributed by atoms with Crippen LogP contribution in [0, 0.1) is 5.82 Å². The molecule has 106 valence electrons. The highest BCUT2D eigenvalue weighted by Gasteiger charge is 2.30. The molecule has 0 aliphatic carbocycles. The molecule has 0 spiro atoms. The van der Waals surface area contributed by atoms with Gasteiger partial charge in [-0.15, -0.1) is 0 Å². The van der Waals surface area contributed by atoms with E-state index in [1.54, 1.807) is 16.4 Å². The summed E-state index contributed by atoms with van der Waals surface area (Å²) in [6.07, 6.45) is 5.87. The van der Waals surface area contributed by atoms with Crippen molar-refractivity contribution in [2.75, 3.05) is 12.8 Å². The fourth-order valence-corrected chi connectivity index (χ4v) is 3.94. The zero-order valence-corrected chi connectivity index (χ0v) is 12.0. The quantitative estimate of drug-likeness (QED) is 0.834. The minimum Gasteiger partial charge on any atom is -0.212 e. The summed E-state index contributed by atoms with van der Waals surface area (Å²) in [4.78, 5) is 0. The largest absolute Gasteiger partial charge is 0.212 e. The molecule has 0 bridgehead atoms. The monoisotopic (exact) mass is 285 g/mol. The van der Waals surface area contributed by atoms with Crippen molar-refractivity contribution in [3.05, 3.63) is 35.6 Å². The van der Waals surface area contributed by atoms with Crippen LogP contribution in [-0.4, -0.2) is 31.6 Å². The molecule has 0 amide bonds. The third kappa shape index (κ3) is 4.01. The van der Waals surface area contributed by atoms with Gasteiger partial charge >= 0.3 is 0 Å². The number of halogens is 1. The molecule has 19 heavy (non-hydrogen) atoms. The van der Waals surface area contributed by atoms with Crippen molar-refractivity contribution in [2.45, 2.75) is 38.1 Å². The van der Waals surface area contributed by atoms with Gasteiger partial charge < -0.3 is 0 Å². The molecular weight excluding hydrogens is 265 g/mol. The molecule has 2 rings (SSSR count). The third-order valence-corrected chi connectivity index (χ3v) is 5.00. The molecule has 1 unspecified atom stereocenters. The summed E-state index contributed by atoms with van der Waals surface area (Å²) >= 11 is 0. The molecule has 1 heterocycles. The van der Waals surface area contributed by atoms with E-state index in [2.05, 4.69) is 0 Å². The third-order valence-electron chi connectivity index (χ3n) is 3.67. The highest BCUT2D eigenvalue weighted by Crippen LogP contribution is 2.24. The van der Waals surface area contributed by atoms with Crippen molar-refractivity contribution < 1.29 is 12.8 Å². The molecule has 3 nitrogen and oxygen atoms in total. The van der Waals surface area contributed by atoms with Gasteiger partial charge in [0.05, 0.1) is 6.26 Å². The lowest BCUT2D eigenvalue weighted by atomic mass is 10.0. The molecule has 0 saturated carbocycles. The Morgan fingerprint density at radius 1 is 1.32 bits per heavy atom. The summed E-state index contributed by atoms with van der Waals surface area (Å²) < 4.78 is 37.6. The van der Waals surface area contributed by atoms with Gasteiger partial charge in [-0.2, -0.15) is 4.31 Å². The Morgan fingerprint density at radius 3 is 2.63 bits per heavy atom. The molecule has 1 aliphatic heterocycles. The molecular formula is C14H20FNO2S. The minimum atomic E-state index is -3.07. The summed E-state index contributed by atoms with van der Waals surface area (Å²) in [7, 11) is -3.07. The summed E-state index contributed by atoms with van der Waals surface area (Å²) in [5, 5.41) is 0. The van der Waals surface area contributed by atoms with Crippen LogP contribution in [-0.2, 0) is 16.4 Å². The molecule has 1 aromatic rings. The average Bonchev–Trinajstić information content (AvgIpc) is 2.80. The second kappa shape index (κ2) is 6.01. The van der Waals surface area contributed by atoms with Gasteiger partial charge in [-0.25, -0.2) is 12.8 Å². The number of aryl methyl sites for hydroxylation is 1.